The van der Waals surface area contributed by atoms with Crippen molar-refractivity contribution < 1.29 is 9.59 Å². The summed E-state index contributed by atoms with van der Waals surface area (Å²) in [6.07, 6.45) is 2.24. The molecule has 0 radical (unpaired) electrons. The van der Waals surface area contributed by atoms with Crippen LogP contribution in [0.15, 0.2) is 24.3 Å². The molecule has 4 nitrogen and oxygen atoms in total. The van der Waals surface area contributed by atoms with Gasteiger partial charge in [-0.1, -0.05) is 12.1 Å². The number of hydrogen-bond acceptors (Lipinski definition) is 3. The number of nitrogens with zero attached hydrogens (tertiary/aromatic N) is 2. The lowest BCUT2D eigenvalue weighted by Crippen LogP contribution is -2.48. The molecule has 0 unspecified atom stereocenters. The number of carbonyl (C=O) groups excluding carboxylic acids is 2. The number of piperazine rings is 1. The van der Waals surface area contributed by atoms with E-state index in [1.807, 2.05) is 41.1 Å². The molecule has 1 fully saturated rings. The molecule has 0 aliphatic carbocycles. The second kappa shape index (κ2) is 5.78. The summed E-state index contributed by atoms with van der Waals surface area (Å²) in [6, 6.07) is 7.90. The molecule has 0 bridgehead atoms. The predicted octanol–water partition coefficient (Wildman–Crippen LogP) is 1.10. The van der Waals surface area contributed by atoms with Crippen molar-refractivity contribution in [1.82, 2.24) is 4.90 Å². The molecule has 0 atom stereocenters. The molecule has 0 aromatic heterocycles. The van der Waals surface area contributed by atoms with E-state index in [-0.39, 0.29) is 5.91 Å². The Labute approximate surface area is 107 Å². The quantitative estimate of drug-likeness (QED) is 0.747. The Balaban J connectivity index is 2.05. The maximum atomic E-state index is 11.9. The lowest BCUT2D eigenvalue weighted by atomic mass is 10.1. The van der Waals surface area contributed by atoms with E-state index in [1.54, 1.807) is 0 Å². The van der Waals surface area contributed by atoms with E-state index in [0.717, 1.165) is 37.0 Å². The second-order valence-corrected chi connectivity index (χ2v) is 4.65. The number of carbonyl (C=O) groups is 2. The maximum absolute atomic E-state index is 11.9. The van der Waals surface area contributed by atoms with E-state index >= 15 is 0 Å². The zero-order chi connectivity index (χ0) is 13.0. The average molecular weight is 246 g/mol. The van der Waals surface area contributed by atoms with Gasteiger partial charge < -0.3 is 9.69 Å². The molecule has 1 aliphatic heterocycles. The Bertz CT molecular complexity index is 428. The van der Waals surface area contributed by atoms with Crippen molar-refractivity contribution in [2.45, 2.75) is 12.8 Å². The van der Waals surface area contributed by atoms with Crippen molar-refractivity contribution in [3.63, 3.8) is 0 Å². The summed E-state index contributed by atoms with van der Waals surface area (Å²) >= 11 is 0. The first-order valence-corrected chi connectivity index (χ1v) is 6.22. The van der Waals surface area contributed by atoms with E-state index < -0.39 is 0 Å². The van der Waals surface area contributed by atoms with Crippen molar-refractivity contribution in [3.05, 3.63) is 29.8 Å². The summed E-state index contributed by atoms with van der Waals surface area (Å²) in [4.78, 5) is 26.1. The molecule has 18 heavy (non-hydrogen) atoms. The number of anilines is 1. The minimum Gasteiger partial charge on any atom is -0.310 e. The van der Waals surface area contributed by atoms with Crippen LogP contribution in [0, 0.1) is 0 Å². The zero-order valence-corrected chi connectivity index (χ0v) is 10.6. The molecule has 2 rings (SSSR count). The maximum Gasteiger partial charge on any atom is 0.241 e. The van der Waals surface area contributed by atoms with Crippen LogP contribution in [0.1, 0.15) is 12.0 Å². The monoisotopic (exact) mass is 246 g/mol. The molecule has 96 valence electrons. The third kappa shape index (κ3) is 2.96. The molecule has 4 heteroatoms. The van der Waals surface area contributed by atoms with Crippen molar-refractivity contribution in [2.24, 2.45) is 0 Å². The van der Waals surface area contributed by atoms with Gasteiger partial charge in [0.25, 0.3) is 0 Å². The van der Waals surface area contributed by atoms with Gasteiger partial charge in [0, 0.05) is 25.2 Å². The van der Waals surface area contributed by atoms with Gasteiger partial charge in [-0.2, -0.15) is 0 Å². The predicted molar refractivity (Wildman–Crippen MR) is 70.7 cm³/mol. The highest BCUT2D eigenvalue weighted by atomic mass is 16.2. The lowest BCUT2D eigenvalue weighted by molar-refractivity contribution is -0.120. The van der Waals surface area contributed by atoms with Gasteiger partial charge in [0.05, 0.1) is 6.54 Å². The van der Waals surface area contributed by atoms with Gasteiger partial charge in [-0.3, -0.25) is 9.69 Å². The largest absolute Gasteiger partial charge is 0.310 e. The summed E-state index contributed by atoms with van der Waals surface area (Å²) in [7, 11) is 1.96. The average Bonchev–Trinajstić information content (AvgIpc) is 2.37. The highest BCUT2D eigenvalue weighted by Crippen LogP contribution is 2.18. The van der Waals surface area contributed by atoms with Crippen LogP contribution in [-0.4, -0.2) is 43.8 Å². The number of aldehydes is 1. The van der Waals surface area contributed by atoms with Crippen LogP contribution in [0.25, 0.3) is 0 Å². The zero-order valence-electron chi connectivity index (χ0n) is 10.6. The smallest absolute Gasteiger partial charge is 0.241 e. The molecule has 1 aromatic rings. The highest BCUT2D eigenvalue weighted by molar-refractivity contribution is 5.95. The van der Waals surface area contributed by atoms with Crippen LogP contribution < -0.4 is 4.90 Å². The van der Waals surface area contributed by atoms with Crippen LogP contribution in [0.2, 0.25) is 0 Å². The number of likely N-dealkylation sites (N-methyl/N-ethyl adjacent to an activating group) is 1. The molecule has 1 saturated heterocycles. The molecule has 1 aromatic carbocycles. The van der Waals surface area contributed by atoms with Crippen molar-refractivity contribution in [1.29, 1.82) is 0 Å². The summed E-state index contributed by atoms with van der Waals surface area (Å²) in [5, 5.41) is 0. The van der Waals surface area contributed by atoms with Gasteiger partial charge in [-0.25, -0.2) is 0 Å². The van der Waals surface area contributed by atoms with Gasteiger partial charge in [0.2, 0.25) is 5.91 Å². The van der Waals surface area contributed by atoms with E-state index in [4.69, 9.17) is 0 Å². The van der Waals surface area contributed by atoms with Crippen LogP contribution in [0.4, 0.5) is 5.69 Å². The van der Waals surface area contributed by atoms with E-state index in [9.17, 15) is 9.59 Å². The Kier molecular flexibility index (Phi) is 4.10. The molecular formula is C14H18N2O2. The molecule has 0 N–H and O–H groups in total. The fraction of sp³-hybridized carbons (Fsp3) is 0.429. The Hall–Kier alpha value is -1.68. The first-order chi connectivity index (χ1) is 8.70. The number of amides is 1. The standard InChI is InChI=1S/C14H18N2O2/c1-15-8-9-16(14(18)11-15)13-6-4-12(5-7-13)3-2-10-17/h4-7,10H,2-3,8-9,11H2,1H3. The van der Waals surface area contributed by atoms with Gasteiger partial charge in [-0.15, -0.1) is 0 Å². The van der Waals surface area contributed by atoms with Crippen LogP contribution in [-0.2, 0) is 16.0 Å². The van der Waals surface area contributed by atoms with Crippen molar-refractivity contribution >= 4 is 17.9 Å². The minimum absolute atomic E-state index is 0.143. The number of benzene rings is 1. The highest BCUT2D eigenvalue weighted by Gasteiger charge is 2.22. The number of aryl methyl sites for hydroxylation is 1. The summed E-state index contributed by atoms with van der Waals surface area (Å²) in [5.41, 5.74) is 2.08. The lowest BCUT2D eigenvalue weighted by Gasteiger charge is -2.32. The normalized spacial score (nSPS) is 16.9. The fourth-order valence-electron chi connectivity index (χ4n) is 2.13. The Morgan fingerprint density at radius 2 is 1.94 bits per heavy atom. The van der Waals surface area contributed by atoms with E-state index in [0.29, 0.717) is 13.0 Å². The van der Waals surface area contributed by atoms with E-state index in [1.165, 1.54) is 0 Å². The topological polar surface area (TPSA) is 40.6 Å². The number of hydrogen-bond donors (Lipinski definition) is 0. The van der Waals surface area contributed by atoms with Crippen LogP contribution in [0.3, 0.4) is 0 Å². The molecule has 0 spiro atoms. The second-order valence-electron chi connectivity index (χ2n) is 4.65. The molecule has 1 amide bonds. The third-order valence-electron chi connectivity index (χ3n) is 3.21. The van der Waals surface area contributed by atoms with Crippen LogP contribution in [0.5, 0.6) is 0 Å². The van der Waals surface area contributed by atoms with Crippen molar-refractivity contribution in [2.75, 3.05) is 31.6 Å². The first kappa shape index (κ1) is 12.8. The molecule has 0 saturated carbocycles. The van der Waals surface area contributed by atoms with E-state index in [2.05, 4.69) is 0 Å². The Morgan fingerprint density at radius 1 is 1.22 bits per heavy atom. The number of rotatable bonds is 4. The summed E-state index contributed by atoms with van der Waals surface area (Å²) < 4.78 is 0. The fourth-order valence-corrected chi connectivity index (χ4v) is 2.13. The molecule has 1 aliphatic rings. The van der Waals surface area contributed by atoms with Crippen LogP contribution >= 0.6 is 0 Å². The van der Waals surface area contributed by atoms with Crippen molar-refractivity contribution in [3.8, 4) is 0 Å². The molecular weight excluding hydrogens is 228 g/mol. The summed E-state index contributed by atoms with van der Waals surface area (Å²) in [5.74, 6) is 0.143. The van der Waals surface area contributed by atoms with Gasteiger partial charge >= 0.3 is 0 Å². The third-order valence-corrected chi connectivity index (χ3v) is 3.21. The summed E-state index contributed by atoms with van der Waals surface area (Å²) in [6.45, 7) is 2.12. The van der Waals surface area contributed by atoms with Gasteiger partial charge in [0.1, 0.15) is 6.29 Å². The Morgan fingerprint density at radius 3 is 2.56 bits per heavy atom. The van der Waals surface area contributed by atoms with Gasteiger partial charge in [0.15, 0.2) is 0 Å². The first-order valence-electron chi connectivity index (χ1n) is 6.22. The SMILES string of the molecule is CN1CCN(c2ccc(CCC=O)cc2)C(=O)C1. The van der Waals surface area contributed by atoms with Gasteiger partial charge in [-0.05, 0) is 31.2 Å². The minimum atomic E-state index is 0.143. The molecule has 1 heterocycles.